The predicted octanol–water partition coefficient (Wildman–Crippen LogP) is 3.64. The van der Waals surface area contributed by atoms with Crippen LogP contribution in [0.4, 0.5) is 5.95 Å². The first kappa shape index (κ1) is 18.3. The summed E-state index contributed by atoms with van der Waals surface area (Å²) in [5.74, 6) is 0.410. The van der Waals surface area contributed by atoms with Crippen LogP contribution in [-0.4, -0.2) is 29.5 Å². The number of halogens is 1. The molecule has 1 N–H and O–H groups in total. The Hall–Kier alpha value is -2.51. The van der Waals surface area contributed by atoms with E-state index in [0.29, 0.717) is 36.4 Å². The van der Waals surface area contributed by atoms with Crippen molar-refractivity contribution in [1.29, 1.82) is 0 Å². The second-order valence-corrected chi connectivity index (χ2v) is 6.50. The molecule has 7 heteroatoms. The Morgan fingerprint density at radius 2 is 2.00 bits per heavy atom. The van der Waals surface area contributed by atoms with E-state index in [1.165, 1.54) is 0 Å². The van der Waals surface area contributed by atoms with Gasteiger partial charge in [0.25, 0.3) is 5.56 Å². The van der Waals surface area contributed by atoms with Crippen molar-refractivity contribution in [2.45, 2.75) is 13.0 Å². The number of nitrogens with zero attached hydrogens (tertiary/aromatic N) is 3. The van der Waals surface area contributed by atoms with Crippen molar-refractivity contribution >= 4 is 39.0 Å². The van der Waals surface area contributed by atoms with E-state index >= 15 is 0 Å². The molecule has 0 amide bonds. The monoisotopic (exact) mass is 414 g/mol. The molecule has 0 saturated carbocycles. The largest absolute Gasteiger partial charge is 0.385 e. The highest BCUT2D eigenvalue weighted by molar-refractivity contribution is 9.10. The summed E-state index contributed by atoms with van der Waals surface area (Å²) in [5.41, 5.74) is 4.38. The zero-order chi connectivity index (χ0) is 18.4. The van der Waals surface area contributed by atoms with Crippen LogP contribution in [0.25, 0.3) is 10.9 Å². The summed E-state index contributed by atoms with van der Waals surface area (Å²) >= 11 is 3.48. The molecule has 0 aliphatic carbocycles. The van der Waals surface area contributed by atoms with Crippen LogP contribution in [-0.2, 0) is 11.3 Å². The van der Waals surface area contributed by atoms with Gasteiger partial charge in [-0.05, 0) is 24.6 Å². The Labute approximate surface area is 159 Å². The lowest BCUT2D eigenvalue weighted by molar-refractivity contribution is 0.190. The normalized spacial score (nSPS) is 11.3. The second kappa shape index (κ2) is 8.73. The van der Waals surface area contributed by atoms with Gasteiger partial charge < -0.3 is 4.74 Å². The van der Waals surface area contributed by atoms with Crippen LogP contribution in [0.2, 0.25) is 0 Å². The van der Waals surface area contributed by atoms with Gasteiger partial charge in [-0.3, -0.25) is 9.36 Å². The lowest BCUT2D eigenvalue weighted by Gasteiger charge is -2.12. The molecule has 0 bridgehead atoms. The Morgan fingerprint density at radius 1 is 1.23 bits per heavy atom. The average molecular weight is 415 g/mol. The van der Waals surface area contributed by atoms with Gasteiger partial charge in [0.1, 0.15) is 0 Å². The topological polar surface area (TPSA) is 68.5 Å². The number of benzene rings is 2. The van der Waals surface area contributed by atoms with E-state index in [9.17, 15) is 4.79 Å². The smallest absolute Gasteiger partial charge is 0.262 e. The van der Waals surface area contributed by atoms with E-state index < -0.39 is 0 Å². The van der Waals surface area contributed by atoms with E-state index in [1.54, 1.807) is 24.0 Å². The summed E-state index contributed by atoms with van der Waals surface area (Å²) in [6, 6.07) is 15.0. The molecule has 1 aromatic heterocycles. The van der Waals surface area contributed by atoms with Gasteiger partial charge in [-0.2, -0.15) is 5.10 Å². The Kier molecular flexibility index (Phi) is 6.14. The van der Waals surface area contributed by atoms with Gasteiger partial charge in [0.15, 0.2) is 0 Å². The third-order valence-corrected chi connectivity index (χ3v) is 4.59. The number of fused-ring (bicyclic) bond motifs is 1. The highest BCUT2D eigenvalue weighted by atomic mass is 79.9. The maximum Gasteiger partial charge on any atom is 0.262 e. The second-order valence-electron chi connectivity index (χ2n) is 5.65. The minimum absolute atomic E-state index is 0.0923. The number of methoxy groups -OCH3 is 1. The molecule has 0 aliphatic rings. The van der Waals surface area contributed by atoms with Crippen molar-refractivity contribution < 1.29 is 4.74 Å². The maximum atomic E-state index is 12.8. The molecule has 26 heavy (non-hydrogen) atoms. The van der Waals surface area contributed by atoms with Gasteiger partial charge in [0.2, 0.25) is 5.95 Å². The highest BCUT2D eigenvalue weighted by Gasteiger charge is 2.10. The molecular weight excluding hydrogens is 396 g/mol. The molecule has 0 aliphatic heterocycles. The third-order valence-electron chi connectivity index (χ3n) is 3.87. The average Bonchev–Trinajstić information content (AvgIpc) is 2.66. The van der Waals surface area contributed by atoms with Crippen molar-refractivity contribution in [1.82, 2.24) is 9.55 Å². The number of hydrogen-bond donors (Lipinski definition) is 1. The SMILES string of the molecule is COCCCn1c(N/N=C\c2ccccc2Br)nc2ccccc2c1=O. The minimum atomic E-state index is -0.0923. The first-order chi connectivity index (χ1) is 12.7. The molecule has 134 valence electrons. The van der Waals surface area contributed by atoms with E-state index in [4.69, 9.17) is 4.74 Å². The molecule has 0 saturated heterocycles. The zero-order valence-electron chi connectivity index (χ0n) is 14.4. The Balaban J connectivity index is 1.93. The van der Waals surface area contributed by atoms with Crippen LogP contribution in [0.5, 0.6) is 0 Å². The molecule has 3 rings (SSSR count). The van der Waals surface area contributed by atoms with Crippen molar-refractivity contribution in [3.8, 4) is 0 Å². The molecule has 1 heterocycles. The van der Waals surface area contributed by atoms with Crippen LogP contribution in [0.3, 0.4) is 0 Å². The van der Waals surface area contributed by atoms with Crippen LogP contribution in [0, 0.1) is 0 Å². The van der Waals surface area contributed by atoms with Crippen LogP contribution in [0.1, 0.15) is 12.0 Å². The van der Waals surface area contributed by atoms with Crippen LogP contribution >= 0.6 is 15.9 Å². The molecule has 3 aromatic rings. The van der Waals surface area contributed by atoms with E-state index in [-0.39, 0.29) is 5.56 Å². The Bertz CT molecular complexity index is 985. The molecule has 0 unspecified atom stereocenters. The summed E-state index contributed by atoms with van der Waals surface area (Å²) in [4.78, 5) is 17.4. The minimum Gasteiger partial charge on any atom is -0.385 e. The van der Waals surface area contributed by atoms with Gasteiger partial charge >= 0.3 is 0 Å². The predicted molar refractivity (Wildman–Crippen MR) is 108 cm³/mol. The first-order valence-corrected chi connectivity index (χ1v) is 9.02. The molecule has 6 nitrogen and oxygen atoms in total. The Morgan fingerprint density at radius 3 is 2.81 bits per heavy atom. The number of rotatable bonds is 7. The van der Waals surface area contributed by atoms with Gasteiger partial charge in [-0.15, -0.1) is 0 Å². The summed E-state index contributed by atoms with van der Waals surface area (Å²) in [6.45, 7) is 1.07. The first-order valence-electron chi connectivity index (χ1n) is 8.23. The number of anilines is 1. The number of hydrogen-bond acceptors (Lipinski definition) is 5. The van der Waals surface area contributed by atoms with Crippen molar-refractivity contribution in [2.75, 3.05) is 19.1 Å². The maximum absolute atomic E-state index is 12.8. The van der Waals surface area contributed by atoms with E-state index in [1.807, 2.05) is 42.5 Å². The summed E-state index contributed by atoms with van der Waals surface area (Å²) in [7, 11) is 1.64. The molecule has 0 atom stereocenters. The molecule has 2 aromatic carbocycles. The standard InChI is InChI=1S/C19H19BrN4O2/c1-26-12-6-11-24-18(25)15-8-3-5-10-17(15)22-19(24)23-21-13-14-7-2-4-9-16(14)20/h2-5,7-10,13H,6,11-12H2,1H3,(H,22,23)/b21-13-. The number of hydrazone groups is 1. The number of ether oxygens (including phenoxy) is 1. The van der Waals surface area contributed by atoms with E-state index in [2.05, 4.69) is 31.4 Å². The number of aromatic nitrogens is 2. The fourth-order valence-electron chi connectivity index (χ4n) is 2.57. The third kappa shape index (κ3) is 4.17. The van der Waals surface area contributed by atoms with Gasteiger partial charge in [0, 0.05) is 30.3 Å². The fraction of sp³-hybridized carbons (Fsp3) is 0.211. The van der Waals surface area contributed by atoms with Crippen LogP contribution in [0.15, 0.2) is 62.9 Å². The lowest BCUT2D eigenvalue weighted by atomic mass is 10.2. The highest BCUT2D eigenvalue weighted by Crippen LogP contribution is 2.14. The van der Waals surface area contributed by atoms with Gasteiger partial charge in [0.05, 0.1) is 17.1 Å². The number of nitrogens with one attached hydrogen (secondary N) is 1. The number of para-hydroxylation sites is 1. The lowest BCUT2D eigenvalue weighted by Crippen LogP contribution is -2.24. The molecular formula is C19H19BrN4O2. The van der Waals surface area contributed by atoms with Crippen molar-refractivity contribution in [2.24, 2.45) is 5.10 Å². The van der Waals surface area contributed by atoms with E-state index in [0.717, 1.165) is 10.0 Å². The van der Waals surface area contributed by atoms with Crippen LogP contribution < -0.4 is 11.0 Å². The molecule has 0 radical (unpaired) electrons. The van der Waals surface area contributed by atoms with Gasteiger partial charge in [-0.25, -0.2) is 10.4 Å². The summed E-state index contributed by atoms with van der Waals surface area (Å²) in [5, 5.41) is 4.84. The quantitative estimate of drug-likeness (QED) is 0.364. The van der Waals surface area contributed by atoms with Crippen molar-refractivity contribution in [3.63, 3.8) is 0 Å². The van der Waals surface area contributed by atoms with Gasteiger partial charge in [-0.1, -0.05) is 46.3 Å². The summed E-state index contributed by atoms with van der Waals surface area (Å²) in [6.07, 6.45) is 2.39. The van der Waals surface area contributed by atoms with Crippen molar-refractivity contribution in [3.05, 3.63) is 68.9 Å². The summed E-state index contributed by atoms with van der Waals surface area (Å²) < 4.78 is 7.63. The zero-order valence-corrected chi connectivity index (χ0v) is 15.9. The molecule has 0 spiro atoms. The fourth-order valence-corrected chi connectivity index (χ4v) is 2.95. The molecule has 0 fully saturated rings.